The van der Waals surface area contributed by atoms with Gasteiger partial charge < -0.3 is 25.1 Å². The van der Waals surface area contributed by atoms with Gasteiger partial charge in [-0.2, -0.15) is 5.10 Å². The monoisotopic (exact) mass is 522 g/mol. The normalized spacial score (nSPS) is 19.6. The Kier molecular flexibility index (Phi) is 7.82. The van der Waals surface area contributed by atoms with E-state index < -0.39 is 11.6 Å². The van der Waals surface area contributed by atoms with Gasteiger partial charge in [-0.1, -0.05) is 18.2 Å². The van der Waals surface area contributed by atoms with Crippen molar-refractivity contribution in [2.45, 2.75) is 52.1 Å². The average molecular weight is 523 g/mol. The molecule has 1 aliphatic heterocycles. The summed E-state index contributed by atoms with van der Waals surface area (Å²) in [6.07, 6.45) is 6.62. The van der Waals surface area contributed by atoms with Gasteiger partial charge in [0.1, 0.15) is 11.2 Å². The van der Waals surface area contributed by atoms with Crippen molar-refractivity contribution >= 4 is 17.6 Å². The highest BCUT2D eigenvalue weighted by Gasteiger charge is 2.45. The van der Waals surface area contributed by atoms with E-state index in [0.29, 0.717) is 24.4 Å². The Hall–Kier alpha value is -3.79. The van der Waals surface area contributed by atoms with Gasteiger partial charge >= 0.3 is 12.1 Å². The molecule has 1 aromatic carbocycles. The molecule has 10 nitrogen and oxygen atoms in total. The van der Waals surface area contributed by atoms with Crippen molar-refractivity contribution in [1.82, 2.24) is 19.7 Å². The zero-order valence-electron chi connectivity index (χ0n) is 22.8. The lowest BCUT2D eigenvalue weighted by atomic mass is 10.0. The fourth-order valence-electron chi connectivity index (χ4n) is 4.76. The topological polar surface area (TPSA) is 129 Å². The number of hydrogen-bond acceptors (Lipinski definition) is 8. The molecule has 4 rings (SSSR count). The highest BCUT2D eigenvalue weighted by atomic mass is 16.6. The number of amides is 1. The van der Waals surface area contributed by atoms with Crippen LogP contribution in [0.1, 0.15) is 68.1 Å². The molecule has 1 fully saturated rings. The summed E-state index contributed by atoms with van der Waals surface area (Å²) in [5.74, 6) is 5.41. The van der Waals surface area contributed by atoms with Crippen LogP contribution in [0.5, 0.6) is 0 Å². The third-order valence-electron chi connectivity index (χ3n) is 6.49. The number of aromatic nitrogens is 2. The molecular weight excluding hydrogens is 484 g/mol. The van der Waals surface area contributed by atoms with E-state index in [9.17, 15) is 9.59 Å². The smallest absolute Gasteiger partial charge is 0.410 e. The fraction of sp³-hybridized carbons (Fsp3) is 0.464. The highest BCUT2D eigenvalue weighted by Crippen LogP contribution is 2.52. The third-order valence-corrected chi connectivity index (χ3v) is 6.49. The molecule has 0 bridgehead atoms. The predicted molar refractivity (Wildman–Crippen MR) is 145 cm³/mol. The summed E-state index contributed by atoms with van der Waals surface area (Å²) in [6.45, 7) is 8.71. The molecule has 1 aliphatic carbocycles. The molecule has 2 heterocycles. The van der Waals surface area contributed by atoms with Crippen LogP contribution in [0.4, 0.5) is 4.79 Å². The van der Waals surface area contributed by atoms with Crippen molar-refractivity contribution in [2.24, 2.45) is 17.5 Å². The second-order valence-electron chi connectivity index (χ2n) is 10.8. The first kappa shape index (κ1) is 27.3. The average Bonchev–Trinajstić information content (AvgIpc) is 3.53. The van der Waals surface area contributed by atoms with E-state index in [2.05, 4.69) is 11.2 Å². The van der Waals surface area contributed by atoms with Gasteiger partial charge in [-0.25, -0.2) is 20.1 Å². The van der Waals surface area contributed by atoms with E-state index in [1.54, 1.807) is 35.9 Å². The third kappa shape index (κ3) is 6.19. The Morgan fingerprint density at radius 1 is 1.29 bits per heavy atom. The quantitative estimate of drug-likeness (QED) is 0.319. The number of benzene rings is 1. The Balaban J connectivity index is 1.64. The van der Waals surface area contributed by atoms with Crippen LogP contribution >= 0.6 is 0 Å². The molecule has 0 saturated heterocycles. The molecule has 204 valence electrons. The number of hydrogen-bond donors (Lipinski definition) is 2. The number of esters is 1. The molecule has 2 atom stereocenters. The highest BCUT2D eigenvalue weighted by molar-refractivity contribution is 5.91. The van der Waals surface area contributed by atoms with E-state index in [1.807, 2.05) is 45.0 Å². The maximum absolute atomic E-state index is 12.8. The number of hydrazine groups is 1. The van der Waals surface area contributed by atoms with Gasteiger partial charge in [0.25, 0.3) is 0 Å². The largest absolute Gasteiger partial charge is 0.462 e. The van der Waals surface area contributed by atoms with Crippen LogP contribution in [-0.2, 0) is 9.47 Å². The van der Waals surface area contributed by atoms with E-state index in [-0.39, 0.29) is 24.5 Å². The van der Waals surface area contributed by atoms with Gasteiger partial charge in [0.05, 0.1) is 24.2 Å². The van der Waals surface area contributed by atoms with E-state index in [4.69, 9.17) is 21.1 Å². The van der Waals surface area contributed by atoms with Crippen LogP contribution in [0.25, 0.3) is 11.3 Å². The van der Waals surface area contributed by atoms with Crippen LogP contribution in [-0.4, -0.2) is 64.1 Å². The summed E-state index contributed by atoms with van der Waals surface area (Å²) in [4.78, 5) is 27.2. The number of carbonyl (C=O) groups is 2. The lowest BCUT2D eigenvalue weighted by Gasteiger charge is -2.30. The zero-order valence-corrected chi connectivity index (χ0v) is 22.8. The number of nitrogens with two attached hydrogens (primary N) is 2. The molecule has 1 amide bonds. The number of carbonyl (C=O) groups excluding carboxylic acids is 2. The zero-order chi connectivity index (χ0) is 27.6. The number of nitrogens with zero attached hydrogens (tertiary/aromatic N) is 4. The lowest BCUT2D eigenvalue weighted by Crippen LogP contribution is -2.39. The van der Waals surface area contributed by atoms with Crippen LogP contribution < -0.4 is 11.6 Å². The van der Waals surface area contributed by atoms with E-state index >= 15 is 0 Å². The Morgan fingerprint density at radius 2 is 2.05 bits per heavy atom. The standard InChI is InChI=1S/C28H38N6O4/c1-6-37-26(35)23-15-31-34(25(23)22-14-21(22)24(29)17-32(5)30)20-11-7-9-18(13-20)19-10-8-12-33(16-19)27(36)38-28(2,3)4/h7,9-11,13,15,17,21-22H,6,8,12,14,16,29-30H2,1-5H3/b24-17-/t21-,22?/m1/s1. The van der Waals surface area contributed by atoms with Gasteiger partial charge in [0.2, 0.25) is 0 Å². The summed E-state index contributed by atoms with van der Waals surface area (Å²) in [7, 11) is 1.72. The van der Waals surface area contributed by atoms with Crippen molar-refractivity contribution in [1.29, 1.82) is 0 Å². The summed E-state index contributed by atoms with van der Waals surface area (Å²) >= 11 is 0. The molecule has 1 saturated carbocycles. The Morgan fingerprint density at radius 3 is 2.74 bits per heavy atom. The van der Waals surface area contributed by atoms with Gasteiger partial charge in [-0.3, -0.25) is 0 Å². The summed E-state index contributed by atoms with van der Waals surface area (Å²) in [6, 6.07) is 7.95. The van der Waals surface area contributed by atoms with Crippen molar-refractivity contribution in [2.75, 3.05) is 26.7 Å². The van der Waals surface area contributed by atoms with Crippen molar-refractivity contribution in [3.63, 3.8) is 0 Å². The van der Waals surface area contributed by atoms with Crippen LogP contribution in [0.2, 0.25) is 0 Å². The number of ether oxygens (including phenoxy) is 2. The summed E-state index contributed by atoms with van der Waals surface area (Å²) < 4.78 is 12.7. The second-order valence-corrected chi connectivity index (χ2v) is 10.8. The molecular formula is C28H38N6O4. The first-order valence-corrected chi connectivity index (χ1v) is 13.0. The number of rotatable bonds is 7. The molecule has 10 heteroatoms. The summed E-state index contributed by atoms with van der Waals surface area (Å²) in [5, 5.41) is 6.02. The summed E-state index contributed by atoms with van der Waals surface area (Å²) in [5.41, 5.74) is 10.4. The van der Waals surface area contributed by atoms with Crippen molar-refractivity contribution in [3.05, 3.63) is 65.3 Å². The minimum Gasteiger partial charge on any atom is -0.462 e. The Labute approximate surface area is 223 Å². The van der Waals surface area contributed by atoms with Crippen LogP contribution in [0, 0.1) is 5.92 Å². The van der Waals surface area contributed by atoms with Crippen LogP contribution in [0.15, 0.2) is 48.4 Å². The first-order chi connectivity index (χ1) is 18.0. The Bertz CT molecular complexity index is 1260. The minimum absolute atomic E-state index is 0.00770. The first-order valence-electron chi connectivity index (χ1n) is 13.0. The molecule has 38 heavy (non-hydrogen) atoms. The van der Waals surface area contributed by atoms with Gasteiger partial charge in [0, 0.05) is 43.9 Å². The molecule has 2 aromatic rings. The maximum Gasteiger partial charge on any atom is 0.410 e. The number of allylic oxidation sites excluding steroid dienone is 1. The molecule has 0 spiro atoms. The molecule has 2 aliphatic rings. The SMILES string of the molecule is CCOC(=O)c1cnn(-c2cccc(C3=CCCN(C(=O)OC(C)(C)C)C3)c2)c1C1C[C@H]1/C(N)=C/N(C)N. The van der Waals surface area contributed by atoms with Gasteiger partial charge in [-0.05, 0) is 63.8 Å². The van der Waals surface area contributed by atoms with Gasteiger partial charge in [-0.15, -0.1) is 0 Å². The predicted octanol–water partition coefficient (Wildman–Crippen LogP) is 3.78. The molecule has 1 aromatic heterocycles. The molecule has 1 unspecified atom stereocenters. The lowest BCUT2D eigenvalue weighted by molar-refractivity contribution is 0.0272. The van der Waals surface area contributed by atoms with Crippen molar-refractivity contribution in [3.8, 4) is 5.69 Å². The van der Waals surface area contributed by atoms with Gasteiger partial charge in [0.15, 0.2) is 0 Å². The maximum atomic E-state index is 12.8. The molecule has 0 radical (unpaired) electrons. The second kappa shape index (κ2) is 10.9. The minimum atomic E-state index is -0.551. The van der Waals surface area contributed by atoms with Crippen LogP contribution in [0.3, 0.4) is 0 Å². The molecule has 4 N–H and O–H groups in total. The van der Waals surface area contributed by atoms with E-state index in [1.165, 1.54) is 5.01 Å². The van der Waals surface area contributed by atoms with E-state index in [0.717, 1.165) is 35.4 Å². The fourth-order valence-corrected chi connectivity index (χ4v) is 4.76. The van der Waals surface area contributed by atoms with Crippen molar-refractivity contribution < 1.29 is 19.1 Å².